The van der Waals surface area contributed by atoms with E-state index in [4.69, 9.17) is 5.84 Å². The fraction of sp³-hybridized carbons (Fsp3) is 0.273. The maximum absolute atomic E-state index is 5.60. The van der Waals surface area contributed by atoms with Crippen LogP contribution in [0, 0.1) is 0 Å². The molecule has 3 rings (SSSR count). The SMILES string of the molecule is Cn1ccc(C(Cc2cn3ccsc3n2)NN)n1. The minimum Gasteiger partial charge on any atom is -0.297 e. The summed E-state index contributed by atoms with van der Waals surface area (Å²) in [6.07, 6.45) is 6.66. The average molecular weight is 262 g/mol. The summed E-state index contributed by atoms with van der Waals surface area (Å²) in [5.41, 5.74) is 4.73. The Morgan fingerprint density at radius 2 is 2.39 bits per heavy atom. The number of aryl methyl sites for hydroxylation is 1. The summed E-state index contributed by atoms with van der Waals surface area (Å²) in [6.45, 7) is 0. The van der Waals surface area contributed by atoms with Crippen LogP contribution in [0.5, 0.6) is 0 Å². The van der Waals surface area contributed by atoms with E-state index in [0.717, 1.165) is 22.8 Å². The molecule has 0 aromatic carbocycles. The summed E-state index contributed by atoms with van der Waals surface area (Å²) in [5.74, 6) is 5.60. The lowest BCUT2D eigenvalue weighted by Gasteiger charge is -2.11. The number of fused-ring (bicyclic) bond motifs is 1. The van der Waals surface area contributed by atoms with Crippen molar-refractivity contribution in [1.82, 2.24) is 24.6 Å². The van der Waals surface area contributed by atoms with E-state index in [-0.39, 0.29) is 6.04 Å². The van der Waals surface area contributed by atoms with Crippen LogP contribution in [-0.2, 0) is 13.5 Å². The van der Waals surface area contributed by atoms with Crippen LogP contribution in [0.1, 0.15) is 17.4 Å². The number of nitrogens with two attached hydrogens (primary N) is 1. The average Bonchev–Trinajstić information content (AvgIpc) is 3.00. The number of hydrogen-bond acceptors (Lipinski definition) is 5. The zero-order chi connectivity index (χ0) is 12.5. The van der Waals surface area contributed by atoms with Crippen molar-refractivity contribution in [2.45, 2.75) is 12.5 Å². The van der Waals surface area contributed by atoms with Gasteiger partial charge in [-0.25, -0.2) is 4.98 Å². The summed E-state index contributed by atoms with van der Waals surface area (Å²) >= 11 is 1.62. The lowest BCUT2D eigenvalue weighted by atomic mass is 10.1. The van der Waals surface area contributed by atoms with Gasteiger partial charge >= 0.3 is 0 Å². The maximum Gasteiger partial charge on any atom is 0.193 e. The van der Waals surface area contributed by atoms with E-state index < -0.39 is 0 Å². The third kappa shape index (κ3) is 2.03. The minimum atomic E-state index is -0.0178. The normalized spacial score (nSPS) is 13.2. The molecule has 0 aliphatic heterocycles. The van der Waals surface area contributed by atoms with Gasteiger partial charge in [-0.15, -0.1) is 11.3 Å². The molecule has 1 atom stereocenters. The highest BCUT2D eigenvalue weighted by Crippen LogP contribution is 2.18. The second-order valence-corrected chi connectivity index (χ2v) is 5.04. The van der Waals surface area contributed by atoms with Gasteiger partial charge < -0.3 is 0 Å². The third-order valence-electron chi connectivity index (χ3n) is 2.85. The van der Waals surface area contributed by atoms with E-state index >= 15 is 0 Å². The van der Waals surface area contributed by atoms with Gasteiger partial charge in [0.1, 0.15) is 0 Å². The molecule has 3 aromatic rings. The Kier molecular flexibility index (Phi) is 2.86. The molecule has 0 saturated heterocycles. The molecule has 0 bridgehead atoms. The van der Waals surface area contributed by atoms with E-state index in [1.54, 1.807) is 16.0 Å². The number of nitrogens with one attached hydrogen (secondary N) is 1. The number of hydrazine groups is 1. The molecule has 7 heteroatoms. The molecule has 0 saturated carbocycles. The maximum atomic E-state index is 5.60. The summed E-state index contributed by atoms with van der Waals surface area (Å²) in [5, 5.41) is 6.38. The lowest BCUT2D eigenvalue weighted by molar-refractivity contribution is 0.525. The van der Waals surface area contributed by atoms with E-state index in [0.29, 0.717) is 0 Å². The van der Waals surface area contributed by atoms with Crippen LogP contribution in [-0.4, -0.2) is 19.2 Å². The summed E-state index contributed by atoms with van der Waals surface area (Å²) in [7, 11) is 1.89. The van der Waals surface area contributed by atoms with Gasteiger partial charge in [0, 0.05) is 37.4 Å². The van der Waals surface area contributed by atoms with Crippen LogP contribution in [0.3, 0.4) is 0 Å². The molecule has 3 N–H and O–H groups in total. The molecule has 0 aliphatic carbocycles. The standard InChI is InChI=1S/C11H14N6S/c1-16-3-2-9(15-16)10(14-12)6-8-7-17-4-5-18-11(17)13-8/h2-5,7,10,14H,6,12H2,1H3. The van der Waals surface area contributed by atoms with Crippen LogP contribution >= 0.6 is 11.3 Å². The van der Waals surface area contributed by atoms with Crippen molar-refractivity contribution in [2.75, 3.05) is 0 Å². The van der Waals surface area contributed by atoms with Crippen molar-refractivity contribution in [3.05, 3.63) is 41.4 Å². The fourth-order valence-electron chi connectivity index (χ4n) is 1.95. The van der Waals surface area contributed by atoms with Crippen molar-refractivity contribution in [2.24, 2.45) is 12.9 Å². The van der Waals surface area contributed by atoms with Gasteiger partial charge in [-0.1, -0.05) is 0 Å². The smallest absolute Gasteiger partial charge is 0.193 e. The highest BCUT2D eigenvalue weighted by Gasteiger charge is 2.15. The Morgan fingerprint density at radius 3 is 3.06 bits per heavy atom. The van der Waals surface area contributed by atoms with Gasteiger partial charge in [0.05, 0.1) is 17.4 Å². The van der Waals surface area contributed by atoms with Gasteiger partial charge in [0.25, 0.3) is 0 Å². The van der Waals surface area contributed by atoms with Crippen molar-refractivity contribution >= 4 is 16.3 Å². The molecule has 0 fully saturated rings. The first-order valence-corrected chi connectivity index (χ1v) is 6.51. The van der Waals surface area contributed by atoms with Crippen molar-refractivity contribution in [1.29, 1.82) is 0 Å². The first-order valence-electron chi connectivity index (χ1n) is 5.63. The second-order valence-electron chi connectivity index (χ2n) is 4.16. The summed E-state index contributed by atoms with van der Waals surface area (Å²) in [6, 6.07) is 1.94. The van der Waals surface area contributed by atoms with Gasteiger partial charge in [-0.2, -0.15) is 5.10 Å². The van der Waals surface area contributed by atoms with Gasteiger partial charge in [0.15, 0.2) is 4.96 Å². The highest BCUT2D eigenvalue weighted by atomic mass is 32.1. The fourth-order valence-corrected chi connectivity index (χ4v) is 2.67. The zero-order valence-corrected chi connectivity index (χ0v) is 10.8. The Labute approximate surface area is 108 Å². The summed E-state index contributed by atoms with van der Waals surface area (Å²) < 4.78 is 3.79. The molecule has 0 spiro atoms. The quantitative estimate of drug-likeness (QED) is 0.540. The molecular weight excluding hydrogens is 248 g/mol. The molecule has 0 aliphatic rings. The van der Waals surface area contributed by atoms with Crippen LogP contribution in [0.4, 0.5) is 0 Å². The van der Waals surface area contributed by atoms with Crippen LogP contribution in [0.2, 0.25) is 0 Å². The Hall–Kier alpha value is -1.70. The van der Waals surface area contributed by atoms with E-state index in [2.05, 4.69) is 15.5 Å². The zero-order valence-electron chi connectivity index (χ0n) is 9.95. The molecule has 18 heavy (non-hydrogen) atoms. The van der Waals surface area contributed by atoms with Crippen molar-refractivity contribution in [3.8, 4) is 0 Å². The predicted molar refractivity (Wildman–Crippen MR) is 70.0 cm³/mol. The molecule has 6 nitrogen and oxygen atoms in total. The monoisotopic (exact) mass is 262 g/mol. The molecule has 0 amide bonds. The van der Waals surface area contributed by atoms with Gasteiger partial charge in [-0.3, -0.25) is 20.4 Å². The second kappa shape index (κ2) is 4.52. The van der Waals surface area contributed by atoms with Gasteiger partial charge in [-0.05, 0) is 6.07 Å². The molecule has 1 unspecified atom stereocenters. The van der Waals surface area contributed by atoms with Crippen molar-refractivity contribution < 1.29 is 0 Å². The Bertz CT molecular complexity index is 623. The minimum absolute atomic E-state index is 0.0178. The molecular formula is C11H14N6S. The number of nitrogens with zero attached hydrogens (tertiary/aromatic N) is 4. The number of hydrogen-bond donors (Lipinski definition) is 2. The van der Waals surface area contributed by atoms with E-state index in [1.165, 1.54) is 0 Å². The van der Waals surface area contributed by atoms with E-state index in [1.807, 2.05) is 41.5 Å². The number of aromatic nitrogens is 4. The number of imidazole rings is 1. The number of rotatable bonds is 4. The molecule has 3 aromatic heterocycles. The lowest BCUT2D eigenvalue weighted by Crippen LogP contribution is -2.30. The molecule has 0 radical (unpaired) electrons. The molecule has 3 heterocycles. The van der Waals surface area contributed by atoms with Crippen LogP contribution in [0.25, 0.3) is 4.96 Å². The highest BCUT2D eigenvalue weighted by molar-refractivity contribution is 7.15. The third-order valence-corrected chi connectivity index (χ3v) is 3.62. The number of thiazole rings is 1. The van der Waals surface area contributed by atoms with Crippen molar-refractivity contribution in [3.63, 3.8) is 0 Å². The van der Waals surface area contributed by atoms with E-state index in [9.17, 15) is 0 Å². The first-order chi connectivity index (χ1) is 8.76. The largest absolute Gasteiger partial charge is 0.297 e. The van der Waals surface area contributed by atoms with Crippen LogP contribution < -0.4 is 11.3 Å². The van der Waals surface area contributed by atoms with Gasteiger partial charge in [0.2, 0.25) is 0 Å². The molecule has 94 valence electrons. The topological polar surface area (TPSA) is 73.2 Å². The predicted octanol–water partition coefficient (Wildman–Crippen LogP) is 0.876. The van der Waals surface area contributed by atoms with Crippen LogP contribution in [0.15, 0.2) is 30.0 Å². The Morgan fingerprint density at radius 1 is 1.50 bits per heavy atom. The first kappa shape index (κ1) is 11.4. The summed E-state index contributed by atoms with van der Waals surface area (Å²) in [4.78, 5) is 5.55. The Balaban J connectivity index is 1.83.